The molecule has 3 nitrogen and oxygen atoms in total. The number of hydrogen-bond acceptors (Lipinski definition) is 3. The Kier molecular flexibility index (Phi) is 6.01. The van der Waals surface area contributed by atoms with E-state index in [4.69, 9.17) is 10.5 Å². The summed E-state index contributed by atoms with van der Waals surface area (Å²) in [7, 11) is 0. The molecule has 0 spiro atoms. The Morgan fingerprint density at radius 3 is 2.40 bits per heavy atom. The highest BCUT2D eigenvalue weighted by atomic mass is 19.2. The van der Waals surface area contributed by atoms with E-state index in [1.807, 2.05) is 13.8 Å². The first-order valence-electron chi connectivity index (χ1n) is 6.34. The fourth-order valence-electron chi connectivity index (χ4n) is 1.61. The molecule has 0 fully saturated rings. The van der Waals surface area contributed by atoms with Crippen LogP contribution < -0.4 is 5.73 Å². The van der Waals surface area contributed by atoms with Gasteiger partial charge in [-0.15, -0.1) is 0 Å². The van der Waals surface area contributed by atoms with E-state index in [1.54, 1.807) is 0 Å². The van der Waals surface area contributed by atoms with Gasteiger partial charge in [-0.1, -0.05) is 13.8 Å². The molecule has 0 amide bonds. The van der Waals surface area contributed by atoms with E-state index in [0.29, 0.717) is 6.07 Å². The Hall–Kier alpha value is -1.56. The zero-order valence-electron chi connectivity index (χ0n) is 11.5. The summed E-state index contributed by atoms with van der Waals surface area (Å²) in [6, 6.07) is 0.507. The van der Waals surface area contributed by atoms with Gasteiger partial charge in [0, 0.05) is 12.1 Å². The van der Waals surface area contributed by atoms with Crippen molar-refractivity contribution in [2.45, 2.75) is 32.7 Å². The van der Waals surface area contributed by atoms with E-state index >= 15 is 0 Å². The lowest BCUT2D eigenvalue weighted by Crippen LogP contribution is -2.28. The molecule has 0 saturated heterocycles. The fourth-order valence-corrected chi connectivity index (χ4v) is 1.61. The lowest BCUT2D eigenvalue weighted by molar-refractivity contribution is -0.145. The summed E-state index contributed by atoms with van der Waals surface area (Å²) < 4.78 is 44.1. The number of hydrogen-bond donors (Lipinski definition) is 1. The monoisotopic (exact) mass is 289 g/mol. The van der Waals surface area contributed by atoms with Crippen molar-refractivity contribution in [3.05, 3.63) is 35.1 Å². The summed E-state index contributed by atoms with van der Waals surface area (Å²) in [6.07, 6.45) is -0.176. The van der Waals surface area contributed by atoms with Crippen molar-refractivity contribution in [1.29, 1.82) is 0 Å². The quantitative estimate of drug-likeness (QED) is 0.647. The molecule has 0 radical (unpaired) electrons. The third-order valence-electron chi connectivity index (χ3n) is 2.58. The third-order valence-corrected chi connectivity index (χ3v) is 2.58. The van der Waals surface area contributed by atoms with Crippen molar-refractivity contribution in [1.82, 2.24) is 0 Å². The normalized spacial score (nSPS) is 12.6. The van der Waals surface area contributed by atoms with Crippen LogP contribution in [0.5, 0.6) is 0 Å². The van der Waals surface area contributed by atoms with Crippen LogP contribution in [-0.2, 0) is 16.0 Å². The second kappa shape index (κ2) is 7.28. The van der Waals surface area contributed by atoms with Gasteiger partial charge in [0.1, 0.15) is 5.82 Å². The van der Waals surface area contributed by atoms with Crippen LogP contribution in [0, 0.1) is 23.4 Å². The molecule has 0 unspecified atom stereocenters. The maximum atomic E-state index is 13.4. The molecule has 20 heavy (non-hydrogen) atoms. The lowest BCUT2D eigenvalue weighted by Gasteiger charge is -2.13. The van der Waals surface area contributed by atoms with Crippen molar-refractivity contribution in [2.24, 2.45) is 11.7 Å². The molecule has 0 heterocycles. The van der Waals surface area contributed by atoms with Gasteiger partial charge < -0.3 is 10.5 Å². The van der Waals surface area contributed by atoms with Crippen LogP contribution in [0.2, 0.25) is 0 Å². The van der Waals surface area contributed by atoms with Crippen LogP contribution in [0.1, 0.15) is 25.8 Å². The maximum absolute atomic E-state index is 13.4. The van der Waals surface area contributed by atoms with Gasteiger partial charge >= 0.3 is 5.97 Å². The summed E-state index contributed by atoms with van der Waals surface area (Å²) >= 11 is 0. The second-order valence-corrected chi connectivity index (χ2v) is 5.10. The second-order valence-electron chi connectivity index (χ2n) is 5.10. The highest BCUT2D eigenvalue weighted by Crippen LogP contribution is 2.15. The van der Waals surface area contributed by atoms with Crippen molar-refractivity contribution >= 4 is 5.97 Å². The molecular weight excluding hydrogens is 271 g/mol. The number of ether oxygens (including phenoxy) is 1. The predicted molar refractivity (Wildman–Crippen MR) is 68.4 cm³/mol. The molecule has 1 rings (SSSR count). The minimum atomic E-state index is -1.25. The Balaban J connectivity index is 2.56. The molecule has 1 aromatic carbocycles. The first-order valence-corrected chi connectivity index (χ1v) is 6.34. The van der Waals surface area contributed by atoms with Gasteiger partial charge in [0.15, 0.2) is 11.6 Å². The SMILES string of the molecule is CC(C)COC(=O)C[C@H](N)Cc1cc(F)c(F)cc1F. The molecule has 0 saturated carbocycles. The van der Waals surface area contributed by atoms with Gasteiger partial charge in [0.05, 0.1) is 13.0 Å². The molecule has 0 aliphatic carbocycles. The fraction of sp³-hybridized carbons (Fsp3) is 0.500. The van der Waals surface area contributed by atoms with E-state index in [9.17, 15) is 18.0 Å². The molecule has 0 aliphatic heterocycles. The Morgan fingerprint density at radius 1 is 1.20 bits per heavy atom. The van der Waals surface area contributed by atoms with Gasteiger partial charge in [0.2, 0.25) is 0 Å². The number of carbonyl (C=O) groups excluding carboxylic acids is 1. The van der Waals surface area contributed by atoms with Gasteiger partial charge in [-0.25, -0.2) is 13.2 Å². The van der Waals surface area contributed by atoms with E-state index in [1.165, 1.54) is 0 Å². The van der Waals surface area contributed by atoms with E-state index < -0.39 is 29.5 Å². The molecular formula is C14H18F3NO2. The maximum Gasteiger partial charge on any atom is 0.307 e. The van der Waals surface area contributed by atoms with Gasteiger partial charge in [-0.05, 0) is 24.0 Å². The zero-order chi connectivity index (χ0) is 15.3. The third kappa shape index (κ3) is 5.21. The molecule has 0 aliphatic rings. The van der Waals surface area contributed by atoms with Crippen molar-refractivity contribution in [3.63, 3.8) is 0 Å². The largest absolute Gasteiger partial charge is 0.465 e. The Bertz CT molecular complexity index is 478. The van der Waals surface area contributed by atoms with Crippen molar-refractivity contribution in [2.75, 3.05) is 6.61 Å². The molecule has 0 bridgehead atoms. The van der Waals surface area contributed by atoms with Gasteiger partial charge in [0.25, 0.3) is 0 Å². The topological polar surface area (TPSA) is 52.3 Å². The number of rotatable bonds is 6. The number of esters is 1. The number of nitrogens with two attached hydrogens (primary N) is 1. The van der Waals surface area contributed by atoms with Crippen LogP contribution in [0.4, 0.5) is 13.2 Å². The van der Waals surface area contributed by atoms with Gasteiger partial charge in [-0.3, -0.25) is 4.79 Å². The Morgan fingerprint density at radius 2 is 1.80 bits per heavy atom. The predicted octanol–water partition coefficient (Wildman–Crippen LogP) is 2.56. The first-order chi connectivity index (χ1) is 9.29. The molecule has 2 N–H and O–H groups in total. The highest BCUT2D eigenvalue weighted by Gasteiger charge is 2.16. The van der Waals surface area contributed by atoms with Crippen LogP contribution in [-0.4, -0.2) is 18.6 Å². The van der Waals surface area contributed by atoms with Crippen LogP contribution in [0.3, 0.4) is 0 Å². The average molecular weight is 289 g/mol. The van der Waals surface area contributed by atoms with Crippen molar-refractivity contribution in [3.8, 4) is 0 Å². The van der Waals surface area contributed by atoms with Crippen LogP contribution in [0.15, 0.2) is 12.1 Å². The van der Waals surface area contributed by atoms with Crippen LogP contribution >= 0.6 is 0 Å². The summed E-state index contributed by atoms with van der Waals surface area (Å²) in [5, 5.41) is 0. The minimum absolute atomic E-state index is 0.0620. The summed E-state index contributed by atoms with van der Waals surface area (Å²) in [5.41, 5.74) is 5.62. The summed E-state index contributed by atoms with van der Waals surface area (Å²) in [4.78, 5) is 11.4. The minimum Gasteiger partial charge on any atom is -0.465 e. The molecule has 1 aromatic rings. The smallest absolute Gasteiger partial charge is 0.307 e. The van der Waals surface area contributed by atoms with Crippen LogP contribution in [0.25, 0.3) is 0 Å². The van der Waals surface area contributed by atoms with E-state index in [2.05, 4.69) is 0 Å². The first kappa shape index (κ1) is 16.5. The highest BCUT2D eigenvalue weighted by molar-refractivity contribution is 5.70. The zero-order valence-corrected chi connectivity index (χ0v) is 11.5. The van der Waals surface area contributed by atoms with Gasteiger partial charge in [-0.2, -0.15) is 0 Å². The summed E-state index contributed by atoms with van der Waals surface area (Å²) in [5.74, 6) is -3.56. The number of carbonyl (C=O) groups is 1. The molecule has 1 atom stereocenters. The molecule has 112 valence electrons. The summed E-state index contributed by atoms with van der Waals surface area (Å²) in [6.45, 7) is 4.07. The number of halogens is 3. The van der Waals surface area contributed by atoms with E-state index in [0.717, 1.165) is 6.07 Å². The van der Waals surface area contributed by atoms with Crippen molar-refractivity contribution < 1.29 is 22.7 Å². The lowest BCUT2D eigenvalue weighted by atomic mass is 10.0. The molecule has 0 aromatic heterocycles. The van der Waals surface area contributed by atoms with E-state index in [-0.39, 0.29) is 30.9 Å². The average Bonchev–Trinajstić information content (AvgIpc) is 2.33. The molecule has 6 heteroatoms. The number of benzene rings is 1. The standard InChI is InChI=1S/C14H18F3NO2/c1-8(2)7-20-14(19)5-10(18)3-9-4-12(16)13(17)6-11(9)15/h4,6,8,10H,3,5,7,18H2,1-2H3/t10-/m1/s1. The Labute approximate surface area is 115 Å².